The van der Waals surface area contributed by atoms with Gasteiger partial charge in [0.2, 0.25) is 10.0 Å². The lowest BCUT2D eigenvalue weighted by Crippen LogP contribution is -2.27. The lowest BCUT2D eigenvalue weighted by Gasteiger charge is -2.16. The number of nitrogens with one attached hydrogen (secondary N) is 2. The zero-order valence-electron chi connectivity index (χ0n) is 13.6. The van der Waals surface area contributed by atoms with Crippen molar-refractivity contribution in [2.75, 3.05) is 25.1 Å². The second kappa shape index (κ2) is 8.85. The summed E-state index contributed by atoms with van der Waals surface area (Å²) in [6, 6.07) is 4.02. The fourth-order valence-corrected chi connectivity index (χ4v) is 3.18. The number of carboxylic acids is 1. The minimum absolute atomic E-state index is 0.0117. The summed E-state index contributed by atoms with van der Waals surface area (Å²) in [4.78, 5) is 11.0. The number of hydrogen-bond donors (Lipinski definition) is 3. The van der Waals surface area contributed by atoms with Crippen LogP contribution in [0.4, 0.5) is 5.69 Å². The van der Waals surface area contributed by atoms with E-state index in [1.165, 1.54) is 12.1 Å². The molecule has 3 N–H and O–H groups in total. The van der Waals surface area contributed by atoms with Crippen LogP contribution in [0.5, 0.6) is 0 Å². The molecule has 0 aliphatic heterocycles. The normalized spacial score (nSPS) is 11.7. The largest absolute Gasteiger partial charge is 0.478 e. The molecular formula is C15H24N2O5S. The van der Waals surface area contributed by atoms with Crippen molar-refractivity contribution in [2.45, 2.75) is 38.1 Å². The molecule has 0 amide bonds. The molecule has 0 radical (unpaired) electrons. The Morgan fingerprint density at radius 3 is 2.61 bits per heavy atom. The summed E-state index contributed by atoms with van der Waals surface area (Å²) in [6.45, 7) is 6.88. The van der Waals surface area contributed by atoms with Crippen LogP contribution in [0.1, 0.15) is 37.6 Å². The monoisotopic (exact) mass is 344 g/mol. The number of anilines is 1. The Kier molecular flexibility index (Phi) is 7.47. The van der Waals surface area contributed by atoms with Crippen molar-refractivity contribution in [3.05, 3.63) is 23.8 Å². The Labute approximate surface area is 137 Å². The Bertz CT molecular complexity index is 629. The van der Waals surface area contributed by atoms with Gasteiger partial charge >= 0.3 is 5.97 Å². The van der Waals surface area contributed by atoms with Crippen molar-refractivity contribution in [1.82, 2.24) is 4.72 Å². The van der Waals surface area contributed by atoms with Gasteiger partial charge in [-0.05, 0) is 45.4 Å². The number of aromatic carboxylic acids is 1. The topological polar surface area (TPSA) is 105 Å². The molecule has 0 spiro atoms. The van der Waals surface area contributed by atoms with E-state index >= 15 is 0 Å². The number of carbonyl (C=O) groups is 1. The number of rotatable bonds is 10. The molecule has 23 heavy (non-hydrogen) atoms. The van der Waals surface area contributed by atoms with E-state index in [4.69, 9.17) is 9.84 Å². The van der Waals surface area contributed by atoms with Crippen LogP contribution in [0.2, 0.25) is 0 Å². The van der Waals surface area contributed by atoms with Gasteiger partial charge in [0.15, 0.2) is 0 Å². The van der Waals surface area contributed by atoms with E-state index in [1.807, 2.05) is 20.8 Å². The van der Waals surface area contributed by atoms with Gasteiger partial charge < -0.3 is 15.2 Å². The molecule has 0 bridgehead atoms. The standard InChI is InChI=1S/C15H24N2O5S/c1-4-22-9-5-8-16-23(20,21)14-10-12(15(18)19)6-7-13(14)17-11(2)3/h6-7,10-11,16-17H,4-5,8-9H2,1-3H3,(H,18,19). The van der Waals surface area contributed by atoms with Crippen LogP contribution in [0, 0.1) is 0 Å². The van der Waals surface area contributed by atoms with E-state index in [1.54, 1.807) is 0 Å². The van der Waals surface area contributed by atoms with Crippen molar-refractivity contribution in [2.24, 2.45) is 0 Å². The quantitative estimate of drug-likeness (QED) is 0.560. The van der Waals surface area contributed by atoms with Gasteiger partial charge in [0.1, 0.15) is 4.90 Å². The zero-order valence-corrected chi connectivity index (χ0v) is 14.4. The lowest BCUT2D eigenvalue weighted by atomic mass is 10.2. The Morgan fingerprint density at radius 2 is 2.04 bits per heavy atom. The van der Waals surface area contributed by atoms with Gasteiger partial charge in [-0.25, -0.2) is 17.9 Å². The number of ether oxygens (including phenoxy) is 1. The van der Waals surface area contributed by atoms with Gasteiger partial charge in [-0.3, -0.25) is 0 Å². The Balaban J connectivity index is 3.00. The predicted octanol–water partition coefficient (Wildman–Crippen LogP) is 1.91. The van der Waals surface area contributed by atoms with Gasteiger partial charge in [-0.2, -0.15) is 0 Å². The summed E-state index contributed by atoms with van der Waals surface area (Å²) in [5.41, 5.74) is 0.302. The molecule has 7 nitrogen and oxygen atoms in total. The van der Waals surface area contributed by atoms with Crippen molar-refractivity contribution < 1.29 is 23.1 Å². The molecule has 0 heterocycles. The van der Waals surface area contributed by atoms with Crippen LogP contribution in [-0.2, 0) is 14.8 Å². The molecule has 1 aromatic carbocycles. The highest BCUT2D eigenvalue weighted by atomic mass is 32.2. The third-order valence-electron chi connectivity index (χ3n) is 2.92. The van der Waals surface area contributed by atoms with Crippen LogP contribution in [0.25, 0.3) is 0 Å². The highest BCUT2D eigenvalue weighted by Gasteiger charge is 2.20. The molecule has 0 atom stereocenters. The average molecular weight is 344 g/mol. The van der Waals surface area contributed by atoms with Crippen molar-refractivity contribution >= 4 is 21.7 Å². The van der Waals surface area contributed by atoms with Gasteiger partial charge in [-0.15, -0.1) is 0 Å². The van der Waals surface area contributed by atoms with Gasteiger partial charge in [0.05, 0.1) is 11.3 Å². The number of carboxylic acid groups (broad SMARTS) is 1. The maximum Gasteiger partial charge on any atom is 0.335 e. The first kappa shape index (κ1) is 19.4. The third-order valence-corrected chi connectivity index (χ3v) is 4.42. The molecule has 0 saturated carbocycles. The summed E-state index contributed by atoms with van der Waals surface area (Å²) in [7, 11) is -3.81. The maximum absolute atomic E-state index is 12.5. The minimum atomic E-state index is -3.81. The molecule has 0 aliphatic rings. The van der Waals surface area contributed by atoms with Gasteiger partial charge in [-0.1, -0.05) is 0 Å². The SMILES string of the molecule is CCOCCCNS(=O)(=O)c1cc(C(=O)O)ccc1NC(C)C. The summed E-state index contributed by atoms with van der Waals surface area (Å²) < 4.78 is 32.5. The zero-order chi connectivity index (χ0) is 17.5. The third kappa shape index (κ3) is 6.17. The maximum atomic E-state index is 12.5. The van der Waals surface area contributed by atoms with E-state index in [0.717, 1.165) is 6.07 Å². The fourth-order valence-electron chi connectivity index (χ4n) is 1.91. The van der Waals surface area contributed by atoms with Crippen molar-refractivity contribution in [1.29, 1.82) is 0 Å². The summed E-state index contributed by atoms with van der Waals surface area (Å²) in [5, 5.41) is 12.1. The molecule has 0 unspecified atom stereocenters. The predicted molar refractivity (Wildman–Crippen MR) is 88.5 cm³/mol. The van der Waals surface area contributed by atoms with Gasteiger partial charge in [0.25, 0.3) is 0 Å². The Hall–Kier alpha value is -1.64. The summed E-state index contributed by atoms with van der Waals surface area (Å²) in [5.74, 6) is -1.17. The van der Waals surface area contributed by atoms with Crippen LogP contribution in [0.15, 0.2) is 23.1 Å². The highest BCUT2D eigenvalue weighted by Crippen LogP contribution is 2.23. The average Bonchev–Trinajstić information content (AvgIpc) is 2.46. The smallest absolute Gasteiger partial charge is 0.335 e. The first-order valence-corrected chi connectivity index (χ1v) is 8.97. The summed E-state index contributed by atoms with van der Waals surface area (Å²) in [6.07, 6.45) is 0.540. The fraction of sp³-hybridized carbons (Fsp3) is 0.533. The second-order valence-electron chi connectivity index (χ2n) is 5.26. The van der Waals surface area contributed by atoms with Crippen molar-refractivity contribution in [3.63, 3.8) is 0 Å². The number of sulfonamides is 1. The van der Waals surface area contributed by atoms with Gasteiger partial charge in [0, 0.05) is 25.8 Å². The van der Waals surface area contributed by atoms with Crippen LogP contribution in [0.3, 0.4) is 0 Å². The molecule has 0 aromatic heterocycles. The number of hydrogen-bond acceptors (Lipinski definition) is 5. The molecule has 0 fully saturated rings. The molecule has 130 valence electrons. The van der Waals surface area contributed by atoms with Crippen LogP contribution in [-0.4, -0.2) is 45.3 Å². The van der Waals surface area contributed by atoms with E-state index in [-0.39, 0.29) is 23.0 Å². The highest BCUT2D eigenvalue weighted by molar-refractivity contribution is 7.89. The lowest BCUT2D eigenvalue weighted by molar-refractivity contribution is 0.0696. The Morgan fingerprint density at radius 1 is 1.35 bits per heavy atom. The van der Waals surface area contributed by atoms with Crippen LogP contribution >= 0.6 is 0 Å². The molecule has 1 rings (SSSR count). The molecule has 8 heteroatoms. The van der Waals surface area contributed by atoms with E-state index in [9.17, 15) is 13.2 Å². The van der Waals surface area contributed by atoms with Crippen molar-refractivity contribution in [3.8, 4) is 0 Å². The molecule has 0 aliphatic carbocycles. The van der Waals surface area contributed by atoms with Crippen LogP contribution < -0.4 is 10.0 Å². The first-order valence-electron chi connectivity index (χ1n) is 7.49. The molecule has 0 saturated heterocycles. The molecule has 1 aromatic rings. The number of benzene rings is 1. The van der Waals surface area contributed by atoms with E-state index in [2.05, 4.69) is 10.0 Å². The molecular weight excluding hydrogens is 320 g/mol. The van der Waals surface area contributed by atoms with E-state index in [0.29, 0.717) is 25.3 Å². The first-order chi connectivity index (χ1) is 10.8. The van der Waals surface area contributed by atoms with E-state index < -0.39 is 16.0 Å². The second-order valence-corrected chi connectivity index (χ2v) is 7.00. The minimum Gasteiger partial charge on any atom is -0.478 e. The summed E-state index contributed by atoms with van der Waals surface area (Å²) >= 11 is 0.